The normalized spacial score (nSPS) is 19.2. The molecule has 2 aromatic rings. The van der Waals surface area contributed by atoms with Gasteiger partial charge in [0.25, 0.3) is 0 Å². The number of hydrogen-bond donors (Lipinski definition) is 3. The lowest BCUT2D eigenvalue weighted by Crippen LogP contribution is -2.49. The average Bonchev–Trinajstić information content (AvgIpc) is 3.07. The Bertz CT molecular complexity index is 657. The highest BCUT2D eigenvalue weighted by Crippen LogP contribution is 2.28. The number of hydrogen-bond acceptors (Lipinski definition) is 2. The van der Waals surface area contributed by atoms with E-state index in [-0.39, 0.29) is 12.1 Å². The number of nitrogens with zero attached hydrogens (tertiary/aromatic N) is 1. The Kier molecular flexibility index (Phi) is 3.37. The second-order valence-electron chi connectivity index (χ2n) is 6.18. The summed E-state index contributed by atoms with van der Waals surface area (Å²) in [5, 5.41) is 14.2. The number of aromatic amines is 1. The van der Waals surface area contributed by atoms with Crippen molar-refractivity contribution < 1.29 is 9.90 Å². The number of amides is 2. The zero-order valence-electron chi connectivity index (χ0n) is 12.4. The first kappa shape index (κ1) is 13.9. The summed E-state index contributed by atoms with van der Waals surface area (Å²) in [6, 6.07) is 7.44. The molecule has 2 amide bonds. The minimum absolute atomic E-state index is 0.136. The zero-order chi connectivity index (χ0) is 15.0. The van der Waals surface area contributed by atoms with Crippen LogP contribution in [0.4, 0.5) is 10.5 Å². The van der Waals surface area contributed by atoms with E-state index in [0.717, 1.165) is 29.4 Å². The Morgan fingerprint density at radius 1 is 1.43 bits per heavy atom. The van der Waals surface area contributed by atoms with Gasteiger partial charge in [0.15, 0.2) is 0 Å². The number of likely N-dealkylation sites (tertiary alicyclic amines) is 1. The fourth-order valence-electron chi connectivity index (χ4n) is 3.13. The summed E-state index contributed by atoms with van der Waals surface area (Å²) in [6.45, 7) is 4.20. The number of nitrogens with one attached hydrogen (secondary N) is 2. The summed E-state index contributed by atoms with van der Waals surface area (Å²) in [6.07, 6.45) is 3.62. The Labute approximate surface area is 124 Å². The molecule has 2 heterocycles. The van der Waals surface area contributed by atoms with E-state index in [9.17, 15) is 9.90 Å². The highest BCUT2D eigenvalue weighted by Gasteiger charge is 2.38. The first-order valence-electron chi connectivity index (χ1n) is 7.33. The van der Waals surface area contributed by atoms with Crippen LogP contribution in [0.2, 0.25) is 0 Å². The summed E-state index contributed by atoms with van der Waals surface area (Å²) in [5.41, 5.74) is 0.905. The van der Waals surface area contributed by atoms with Crippen molar-refractivity contribution in [2.45, 2.75) is 38.3 Å². The number of fused-ring (bicyclic) bond motifs is 1. The number of urea groups is 1. The van der Waals surface area contributed by atoms with E-state index in [0.29, 0.717) is 6.54 Å². The summed E-state index contributed by atoms with van der Waals surface area (Å²) in [5.74, 6) is 0. The first-order valence-corrected chi connectivity index (χ1v) is 7.33. The molecule has 1 saturated heterocycles. The predicted octanol–water partition coefficient (Wildman–Crippen LogP) is 2.94. The Morgan fingerprint density at radius 2 is 2.24 bits per heavy atom. The maximum Gasteiger partial charge on any atom is 0.322 e. The molecule has 1 aromatic carbocycles. The maximum atomic E-state index is 12.5. The number of benzene rings is 1. The van der Waals surface area contributed by atoms with Gasteiger partial charge >= 0.3 is 6.03 Å². The third-order valence-electron chi connectivity index (χ3n) is 4.17. The fourth-order valence-corrected chi connectivity index (χ4v) is 3.13. The van der Waals surface area contributed by atoms with Gasteiger partial charge in [-0.05, 0) is 44.9 Å². The van der Waals surface area contributed by atoms with Gasteiger partial charge in [-0.2, -0.15) is 0 Å². The van der Waals surface area contributed by atoms with Crippen molar-refractivity contribution in [1.82, 2.24) is 9.88 Å². The Hall–Kier alpha value is -2.01. The van der Waals surface area contributed by atoms with E-state index in [1.54, 1.807) is 18.7 Å². The molecular weight excluding hydrogens is 266 g/mol. The van der Waals surface area contributed by atoms with Crippen LogP contribution in [0, 0.1) is 0 Å². The van der Waals surface area contributed by atoms with Gasteiger partial charge in [-0.15, -0.1) is 0 Å². The van der Waals surface area contributed by atoms with Gasteiger partial charge < -0.3 is 20.3 Å². The van der Waals surface area contributed by atoms with Crippen LogP contribution in [0.5, 0.6) is 0 Å². The molecule has 5 heteroatoms. The molecule has 1 atom stereocenters. The third-order valence-corrected chi connectivity index (χ3v) is 4.17. The highest BCUT2D eigenvalue weighted by molar-refractivity contribution is 6.00. The molecule has 1 unspecified atom stereocenters. The SMILES string of the molecule is CC(C)(O)C1CCCN1C(=O)Nc1cccc2[nH]ccc12. The van der Waals surface area contributed by atoms with Crippen molar-refractivity contribution in [2.75, 3.05) is 11.9 Å². The van der Waals surface area contributed by atoms with Crippen LogP contribution >= 0.6 is 0 Å². The number of rotatable bonds is 2. The topological polar surface area (TPSA) is 68.4 Å². The maximum absolute atomic E-state index is 12.5. The monoisotopic (exact) mass is 287 g/mol. The lowest BCUT2D eigenvalue weighted by atomic mass is 9.97. The van der Waals surface area contributed by atoms with Gasteiger partial charge in [-0.1, -0.05) is 6.07 Å². The van der Waals surface area contributed by atoms with Crippen LogP contribution < -0.4 is 5.32 Å². The van der Waals surface area contributed by atoms with Gasteiger partial charge in [0, 0.05) is 23.6 Å². The molecule has 1 aliphatic rings. The van der Waals surface area contributed by atoms with E-state index in [2.05, 4.69) is 10.3 Å². The molecule has 112 valence electrons. The number of anilines is 1. The van der Waals surface area contributed by atoms with E-state index in [4.69, 9.17) is 0 Å². The quantitative estimate of drug-likeness (QED) is 0.795. The van der Waals surface area contributed by atoms with Crippen LogP contribution in [0.1, 0.15) is 26.7 Å². The van der Waals surface area contributed by atoms with Crippen molar-refractivity contribution >= 4 is 22.6 Å². The summed E-state index contributed by atoms with van der Waals surface area (Å²) >= 11 is 0. The largest absolute Gasteiger partial charge is 0.388 e. The van der Waals surface area contributed by atoms with Crippen molar-refractivity contribution in [3.05, 3.63) is 30.5 Å². The van der Waals surface area contributed by atoms with Crippen molar-refractivity contribution in [1.29, 1.82) is 0 Å². The molecule has 1 aliphatic heterocycles. The number of H-pyrrole nitrogens is 1. The standard InChI is InChI=1S/C16H21N3O2/c1-16(2,21)14-7-4-10-19(14)15(20)18-13-6-3-5-12-11(13)8-9-17-12/h3,5-6,8-9,14,17,21H,4,7,10H2,1-2H3,(H,18,20). The number of carbonyl (C=O) groups excluding carboxylic acids is 1. The van der Waals surface area contributed by atoms with Crippen LogP contribution in [-0.2, 0) is 0 Å². The summed E-state index contributed by atoms with van der Waals surface area (Å²) < 4.78 is 0. The summed E-state index contributed by atoms with van der Waals surface area (Å²) in [4.78, 5) is 17.4. The molecule has 1 fully saturated rings. The molecule has 0 aliphatic carbocycles. The smallest absolute Gasteiger partial charge is 0.322 e. The number of carbonyl (C=O) groups is 1. The molecule has 1 aromatic heterocycles. The van der Waals surface area contributed by atoms with Gasteiger partial charge in [-0.3, -0.25) is 0 Å². The van der Waals surface area contributed by atoms with Crippen LogP contribution in [-0.4, -0.2) is 39.2 Å². The molecule has 21 heavy (non-hydrogen) atoms. The minimum atomic E-state index is -0.881. The van der Waals surface area contributed by atoms with Crippen molar-refractivity contribution in [3.63, 3.8) is 0 Å². The van der Waals surface area contributed by atoms with Crippen LogP contribution in [0.25, 0.3) is 10.9 Å². The van der Waals surface area contributed by atoms with E-state index in [1.807, 2.05) is 30.5 Å². The van der Waals surface area contributed by atoms with E-state index >= 15 is 0 Å². The molecule has 0 radical (unpaired) electrons. The van der Waals surface area contributed by atoms with Crippen molar-refractivity contribution in [2.24, 2.45) is 0 Å². The van der Waals surface area contributed by atoms with Gasteiger partial charge in [0.2, 0.25) is 0 Å². The number of aliphatic hydroxyl groups is 1. The second-order valence-corrected chi connectivity index (χ2v) is 6.18. The Balaban J connectivity index is 1.82. The minimum Gasteiger partial charge on any atom is -0.388 e. The van der Waals surface area contributed by atoms with E-state index in [1.165, 1.54) is 0 Å². The molecular formula is C16H21N3O2. The molecule has 0 saturated carbocycles. The van der Waals surface area contributed by atoms with Gasteiger partial charge in [0.1, 0.15) is 0 Å². The van der Waals surface area contributed by atoms with Crippen LogP contribution in [0.15, 0.2) is 30.5 Å². The lowest BCUT2D eigenvalue weighted by Gasteiger charge is -2.33. The Morgan fingerprint density at radius 3 is 3.00 bits per heavy atom. The molecule has 5 nitrogen and oxygen atoms in total. The fraction of sp³-hybridized carbons (Fsp3) is 0.438. The predicted molar refractivity (Wildman–Crippen MR) is 83.3 cm³/mol. The lowest BCUT2D eigenvalue weighted by molar-refractivity contribution is 0.0117. The van der Waals surface area contributed by atoms with Crippen LogP contribution in [0.3, 0.4) is 0 Å². The molecule has 0 spiro atoms. The van der Waals surface area contributed by atoms with Gasteiger partial charge in [0.05, 0.1) is 17.3 Å². The molecule has 3 rings (SSSR count). The zero-order valence-corrected chi connectivity index (χ0v) is 12.4. The van der Waals surface area contributed by atoms with Crippen molar-refractivity contribution in [3.8, 4) is 0 Å². The van der Waals surface area contributed by atoms with E-state index < -0.39 is 5.60 Å². The van der Waals surface area contributed by atoms with Gasteiger partial charge in [-0.25, -0.2) is 4.79 Å². The first-order chi connectivity index (χ1) is 9.97. The molecule has 3 N–H and O–H groups in total. The molecule has 0 bridgehead atoms. The summed E-state index contributed by atoms with van der Waals surface area (Å²) in [7, 11) is 0. The third kappa shape index (κ3) is 2.61. The average molecular weight is 287 g/mol. The highest BCUT2D eigenvalue weighted by atomic mass is 16.3. The number of aromatic nitrogens is 1. The second kappa shape index (κ2) is 5.07.